The summed E-state index contributed by atoms with van der Waals surface area (Å²) in [6.45, 7) is 23.8. The molecule has 51 heavy (non-hydrogen) atoms. The normalized spacial score (nSPS) is 18.3. The van der Waals surface area contributed by atoms with Crippen LogP contribution in [0.25, 0.3) is 11.1 Å². The van der Waals surface area contributed by atoms with Crippen LogP contribution in [0.3, 0.4) is 0 Å². The van der Waals surface area contributed by atoms with E-state index in [1.807, 2.05) is 45.9 Å². The van der Waals surface area contributed by atoms with E-state index in [0.717, 1.165) is 70.7 Å². The van der Waals surface area contributed by atoms with Crippen molar-refractivity contribution in [3.63, 3.8) is 0 Å². The van der Waals surface area contributed by atoms with Crippen molar-refractivity contribution in [3.8, 4) is 11.1 Å². The molecular formula is C46H64N4O. The SMILES string of the molecule is C=C1C(Cc2ccc(-c3ccccc3C3=NCC(=O)N3)cc2)=C(CCC)N=C(C)N1c1ccc(CC2CCCC(C)C2)cc1.CC.CC.CCC. The van der Waals surface area contributed by atoms with Gasteiger partial charge in [-0.25, -0.2) is 4.99 Å². The predicted octanol–water partition coefficient (Wildman–Crippen LogP) is 12.1. The average Bonchev–Trinajstić information content (AvgIpc) is 3.59. The number of rotatable bonds is 9. The number of aliphatic imine (C=N–C) groups is 2. The molecule has 5 nitrogen and oxygen atoms in total. The van der Waals surface area contributed by atoms with Gasteiger partial charge in [0, 0.05) is 34.6 Å². The summed E-state index contributed by atoms with van der Waals surface area (Å²) in [5.41, 5.74) is 10.2. The first kappa shape index (κ1) is 41.2. The molecule has 0 radical (unpaired) electrons. The molecule has 1 fully saturated rings. The lowest BCUT2D eigenvalue weighted by molar-refractivity contribution is -0.117. The lowest BCUT2D eigenvalue weighted by atomic mass is 9.79. The maximum atomic E-state index is 11.8. The molecule has 2 atom stereocenters. The lowest BCUT2D eigenvalue weighted by Gasteiger charge is -2.33. The Morgan fingerprint density at radius 1 is 0.863 bits per heavy atom. The highest BCUT2D eigenvalue weighted by Crippen LogP contribution is 2.36. The van der Waals surface area contributed by atoms with E-state index in [2.05, 4.69) is 111 Å². The van der Waals surface area contributed by atoms with E-state index in [1.165, 1.54) is 55.2 Å². The van der Waals surface area contributed by atoms with Gasteiger partial charge in [0.15, 0.2) is 0 Å². The van der Waals surface area contributed by atoms with Gasteiger partial charge in [0.1, 0.15) is 18.2 Å². The summed E-state index contributed by atoms with van der Waals surface area (Å²) in [7, 11) is 0. The van der Waals surface area contributed by atoms with Crippen LogP contribution in [0.5, 0.6) is 0 Å². The highest BCUT2D eigenvalue weighted by molar-refractivity contribution is 6.15. The summed E-state index contributed by atoms with van der Waals surface area (Å²) in [6.07, 6.45) is 10.6. The second-order valence-electron chi connectivity index (χ2n) is 13.5. The average molecular weight is 689 g/mol. The molecule has 2 unspecified atom stereocenters. The van der Waals surface area contributed by atoms with Crippen LogP contribution in [0.1, 0.15) is 124 Å². The Labute approximate surface area is 310 Å². The smallest absolute Gasteiger partial charge is 0.247 e. The van der Waals surface area contributed by atoms with Crippen LogP contribution in [0, 0.1) is 11.8 Å². The van der Waals surface area contributed by atoms with Gasteiger partial charge in [-0.1, -0.05) is 155 Å². The molecule has 6 rings (SSSR count). The number of anilines is 1. The Balaban J connectivity index is 0.000000938. The fourth-order valence-corrected chi connectivity index (χ4v) is 7.12. The molecule has 5 heteroatoms. The van der Waals surface area contributed by atoms with Crippen molar-refractivity contribution in [2.24, 2.45) is 21.8 Å². The molecular weight excluding hydrogens is 625 g/mol. The minimum absolute atomic E-state index is 0.0639. The number of hydrogen-bond donors (Lipinski definition) is 1. The molecule has 274 valence electrons. The van der Waals surface area contributed by atoms with Crippen molar-refractivity contribution in [2.75, 3.05) is 11.4 Å². The van der Waals surface area contributed by atoms with E-state index in [0.29, 0.717) is 5.84 Å². The lowest BCUT2D eigenvalue weighted by Crippen LogP contribution is -2.32. The summed E-state index contributed by atoms with van der Waals surface area (Å²) in [5.74, 6) is 3.22. The first-order valence-corrected chi connectivity index (χ1v) is 19.7. The van der Waals surface area contributed by atoms with Crippen LogP contribution >= 0.6 is 0 Å². The van der Waals surface area contributed by atoms with E-state index < -0.39 is 0 Å². The van der Waals surface area contributed by atoms with Crippen molar-refractivity contribution in [1.82, 2.24) is 5.32 Å². The molecule has 1 amide bonds. The Kier molecular flexibility index (Phi) is 17.1. The molecule has 2 aliphatic heterocycles. The zero-order valence-electron chi connectivity index (χ0n) is 33.1. The van der Waals surface area contributed by atoms with E-state index >= 15 is 0 Å². The van der Waals surface area contributed by atoms with Crippen molar-refractivity contribution >= 4 is 23.3 Å². The molecule has 0 aromatic heterocycles. The van der Waals surface area contributed by atoms with Crippen LogP contribution in [-0.2, 0) is 17.6 Å². The van der Waals surface area contributed by atoms with Gasteiger partial charge in [0.2, 0.25) is 5.91 Å². The highest BCUT2D eigenvalue weighted by Gasteiger charge is 2.26. The largest absolute Gasteiger partial charge is 0.309 e. The summed E-state index contributed by atoms with van der Waals surface area (Å²) < 4.78 is 0. The maximum Gasteiger partial charge on any atom is 0.247 e. The summed E-state index contributed by atoms with van der Waals surface area (Å²) in [6, 6.07) is 25.9. The summed E-state index contributed by atoms with van der Waals surface area (Å²) >= 11 is 0. The van der Waals surface area contributed by atoms with Crippen molar-refractivity contribution < 1.29 is 4.79 Å². The van der Waals surface area contributed by atoms with Gasteiger partial charge in [0.05, 0.1) is 0 Å². The van der Waals surface area contributed by atoms with Crippen LogP contribution in [-0.4, -0.2) is 24.1 Å². The zero-order chi connectivity index (χ0) is 37.3. The number of nitrogens with one attached hydrogen (secondary N) is 1. The predicted molar refractivity (Wildman–Crippen MR) is 222 cm³/mol. The first-order chi connectivity index (χ1) is 24.8. The molecule has 3 aliphatic rings. The Morgan fingerprint density at radius 3 is 2.08 bits per heavy atom. The number of nitrogens with zero attached hydrogens (tertiary/aromatic N) is 3. The number of amidine groups is 2. The molecule has 0 spiro atoms. The molecule has 0 bridgehead atoms. The third kappa shape index (κ3) is 11.1. The minimum Gasteiger partial charge on any atom is -0.309 e. The van der Waals surface area contributed by atoms with Gasteiger partial charge in [0.25, 0.3) is 0 Å². The van der Waals surface area contributed by atoms with Crippen LogP contribution < -0.4 is 10.2 Å². The van der Waals surface area contributed by atoms with E-state index in [-0.39, 0.29) is 12.5 Å². The van der Waals surface area contributed by atoms with Gasteiger partial charge < -0.3 is 5.32 Å². The van der Waals surface area contributed by atoms with Crippen molar-refractivity contribution in [1.29, 1.82) is 0 Å². The highest BCUT2D eigenvalue weighted by atomic mass is 16.2. The molecule has 3 aromatic carbocycles. The molecule has 3 aromatic rings. The van der Waals surface area contributed by atoms with Crippen molar-refractivity contribution in [2.45, 2.75) is 120 Å². The molecule has 2 heterocycles. The van der Waals surface area contributed by atoms with Gasteiger partial charge in [-0.2, -0.15) is 0 Å². The first-order valence-electron chi connectivity index (χ1n) is 19.7. The maximum absolute atomic E-state index is 11.8. The monoisotopic (exact) mass is 689 g/mol. The van der Waals surface area contributed by atoms with E-state index in [9.17, 15) is 4.79 Å². The van der Waals surface area contributed by atoms with Gasteiger partial charge in [-0.15, -0.1) is 0 Å². The third-order valence-corrected chi connectivity index (χ3v) is 9.30. The van der Waals surface area contributed by atoms with Gasteiger partial charge >= 0.3 is 0 Å². The quantitative estimate of drug-likeness (QED) is 0.243. The fourth-order valence-electron chi connectivity index (χ4n) is 7.12. The van der Waals surface area contributed by atoms with Crippen molar-refractivity contribution in [3.05, 3.63) is 113 Å². The zero-order valence-corrected chi connectivity index (χ0v) is 33.1. The van der Waals surface area contributed by atoms with Crippen LogP contribution in [0.4, 0.5) is 5.69 Å². The van der Waals surface area contributed by atoms with Crippen LogP contribution in [0.15, 0.2) is 106 Å². The minimum atomic E-state index is -0.0639. The number of amides is 1. The fraction of sp³-hybridized carbons (Fsp3) is 0.457. The number of carbonyl (C=O) groups is 1. The Morgan fingerprint density at radius 2 is 1.49 bits per heavy atom. The number of benzene rings is 3. The second-order valence-corrected chi connectivity index (χ2v) is 13.5. The Hall–Kier alpha value is -4.25. The molecule has 1 N–H and O–H groups in total. The number of carbonyl (C=O) groups excluding carboxylic acids is 1. The Bertz CT molecular complexity index is 1650. The van der Waals surface area contributed by atoms with E-state index in [4.69, 9.17) is 4.99 Å². The van der Waals surface area contributed by atoms with E-state index in [1.54, 1.807) is 0 Å². The third-order valence-electron chi connectivity index (χ3n) is 9.30. The number of allylic oxidation sites excluding steroid dienone is 2. The van der Waals surface area contributed by atoms with Gasteiger partial charge in [-0.05, 0) is 72.4 Å². The molecule has 1 aliphatic carbocycles. The summed E-state index contributed by atoms with van der Waals surface area (Å²) in [4.78, 5) is 23.5. The molecule has 1 saturated carbocycles. The second kappa shape index (κ2) is 21.2. The topological polar surface area (TPSA) is 57.1 Å². The number of hydrogen-bond acceptors (Lipinski definition) is 4. The van der Waals surface area contributed by atoms with Gasteiger partial charge in [-0.3, -0.25) is 14.7 Å². The summed E-state index contributed by atoms with van der Waals surface area (Å²) in [5, 5.41) is 2.89. The standard InChI is InChI=1S/C39H44N4O.C3H8.2C2H6/c1-5-9-37-36(24-30-14-18-32(19-15-30)34-12-6-7-13-35(34)39-40-25-38(44)42-39)27(3)43(28(4)41-37)33-20-16-29(17-21-33)23-31-11-8-10-26(2)22-31;1-3-2;2*1-2/h6-7,12-21,26,31H,3,5,8-11,22-25H2,1-2,4H3,(H,40,42,44);3H2,1-2H3;2*1-2H3. The van der Waals surface area contributed by atoms with Crippen LogP contribution in [0.2, 0.25) is 0 Å². The molecule has 0 saturated heterocycles.